The molecule has 0 spiro atoms. The van der Waals surface area contributed by atoms with Crippen molar-refractivity contribution in [2.75, 3.05) is 0 Å². The van der Waals surface area contributed by atoms with E-state index >= 15 is 0 Å². The van der Waals surface area contributed by atoms with Gasteiger partial charge in [-0.15, -0.1) is 0 Å². The maximum atomic E-state index is 9.63. The minimum atomic E-state index is 0. The van der Waals surface area contributed by atoms with Gasteiger partial charge < -0.3 is 31.1 Å². The van der Waals surface area contributed by atoms with E-state index in [1.165, 1.54) is 27.7 Å². The van der Waals surface area contributed by atoms with Gasteiger partial charge >= 0.3 is 16.5 Å². The molecule has 2 N–H and O–H groups in total. The molecular formula is C8H14N4NiO4. The van der Waals surface area contributed by atoms with Gasteiger partial charge in [-0.05, 0) is 27.7 Å². The van der Waals surface area contributed by atoms with E-state index in [0.717, 1.165) is 0 Å². The summed E-state index contributed by atoms with van der Waals surface area (Å²) in [5.41, 5.74) is 0.903. The van der Waals surface area contributed by atoms with E-state index in [1.807, 2.05) is 0 Å². The van der Waals surface area contributed by atoms with Crippen LogP contribution >= 0.6 is 0 Å². The molecule has 17 heavy (non-hydrogen) atoms. The number of hydrogen-bond acceptors (Lipinski definition) is 8. The first kappa shape index (κ1) is 20.7. The van der Waals surface area contributed by atoms with E-state index in [9.17, 15) is 10.4 Å². The monoisotopic (exact) mass is 288 g/mol. The summed E-state index contributed by atoms with van der Waals surface area (Å²) in [6, 6.07) is 0. The maximum absolute atomic E-state index is 9.63. The second kappa shape index (κ2) is 12.4. The van der Waals surface area contributed by atoms with Crippen molar-refractivity contribution in [2.45, 2.75) is 27.7 Å². The summed E-state index contributed by atoms with van der Waals surface area (Å²) in [7, 11) is 0. The van der Waals surface area contributed by atoms with Crippen LogP contribution in [0, 0.1) is 10.4 Å². The van der Waals surface area contributed by atoms with Crippen molar-refractivity contribution in [3.63, 3.8) is 0 Å². The molecule has 9 heteroatoms. The Morgan fingerprint density at radius 3 is 1.00 bits per heavy atom. The summed E-state index contributed by atoms with van der Waals surface area (Å²) in [6.07, 6.45) is 0. The smallest absolute Gasteiger partial charge is 0.792 e. The molecule has 0 aromatic heterocycles. The molecule has 0 bridgehead atoms. The quantitative estimate of drug-likeness (QED) is 0.345. The van der Waals surface area contributed by atoms with Crippen LogP contribution in [0.1, 0.15) is 27.7 Å². The summed E-state index contributed by atoms with van der Waals surface area (Å²) in [5.74, 6) is 0. The van der Waals surface area contributed by atoms with Gasteiger partial charge in [0.05, 0.1) is 22.8 Å². The number of rotatable bonds is 2. The van der Waals surface area contributed by atoms with Gasteiger partial charge in [0.25, 0.3) is 0 Å². The summed E-state index contributed by atoms with van der Waals surface area (Å²) in [4.78, 5) is 0. The fraction of sp³-hybridized carbons (Fsp3) is 0.500. The summed E-state index contributed by atoms with van der Waals surface area (Å²) < 4.78 is 0. The molecule has 100 valence electrons. The summed E-state index contributed by atoms with van der Waals surface area (Å²) >= 11 is 0. The molecule has 0 atom stereocenters. The Morgan fingerprint density at radius 2 is 0.941 bits per heavy atom. The van der Waals surface area contributed by atoms with Crippen LogP contribution in [-0.2, 0) is 16.5 Å². The molecule has 0 rings (SSSR count). The largest absolute Gasteiger partial charge is 2.00 e. The van der Waals surface area contributed by atoms with Crippen LogP contribution in [0.4, 0.5) is 0 Å². The van der Waals surface area contributed by atoms with Crippen molar-refractivity contribution < 1.29 is 26.9 Å². The van der Waals surface area contributed by atoms with Gasteiger partial charge in [0, 0.05) is 0 Å². The van der Waals surface area contributed by atoms with Crippen LogP contribution in [0.3, 0.4) is 0 Å². The fourth-order valence-electron chi connectivity index (χ4n) is 0.277. The Labute approximate surface area is 109 Å². The van der Waals surface area contributed by atoms with Crippen molar-refractivity contribution in [3.05, 3.63) is 10.4 Å². The Morgan fingerprint density at radius 1 is 0.706 bits per heavy atom. The van der Waals surface area contributed by atoms with Crippen molar-refractivity contribution in [1.82, 2.24) is 0 Å². The topological polar surface area (TPSA) is 136 Å². The zero-order chi connectivity index (χ0) is 13.1. The predicted octanol–water partition coefficient (Wildman–Crippen LogP) is 1.59. The zero-order valence-corrected chi connectivity index (χ0v) is 10.8. The second-order valence-corrected chi connectivity index (χ2v) is 2.72. The molecule has 0 heterocycles. The van der Waals surface area contributed by atoms with E-state index in [4.69, 9.17) is 10.4 Å². The Kier molecular flexibility index (Phi) is 15.2. The number of nitrogens with zero attached hydrogens (tertiary/aromatic N) is 4. The van der Waals surface area contributed by atoms with Gasteiger partial charge in [0.1, 0.15) is 0 Å². The van der Waals surface area contributed by atoms with Gasteiger partial charge in [-0.2, -0.15) is 0 Å². The first-order valence-corrected chi connectivity index (χ1v) is 4.16. The van der Waals surface area contributed by atoms with Crippen molar-refractivity contribution in [3.8, 4) is 0 Å². The zero-order valence-electron chi connectivity index (χ0n) is 9.82. The maximum Gasteiger partial charge on any atom is 2.00 e. The first-order chi connectivity index (χ1) is 7.44. The predicted molar refractivity (Wildman–Crippen MR) is 62.7 cm³/mol. The van der Waals surface area contributed by atoms with Crippen LogP contribution in [0.5, 0.6) is 0 Å². The number of hydrogen-bond donors (Lipinski definition) is 2. The Balaban J connectivity index is -0.000000218. The molecule has 0 aliphatic rings. The van der Waals surface area contributed by atoms with Crippen molar-refractivity contribution >= 4 is 22.8 Å². The van der Waals surface area contributed by atoms with Gasteiger partial charge in [0.15, 0.2) is 0 Å². The van der Waals surface area contributed by atoms with E-state index in [-0.39, 0.29) is 39.3 Å². The van der Waals surface area contributed by atoms with Crippen molar-refractivity contribution in [2.24, 2.45) is 20.6 Å². The molecule has 0 saturated carbocycles. The van der Waals surface area contributed by atoms with E-state index in [1.54, 1.807) is 0 Å². The SMILES string of the molecule is CC(=N/O)/C(C)=N/[O-].CC(=N/[O-])/C(C)=N/O.[Ni+2]. The molecule has 0 aliphatic carbocycles. The molecule has 0 aromatic carbocycles. The van der Waals surface area contributed by atoms with Crippen molar-refractivity contribution in [1.29, 1.82) is 0 Å². The van der Waals surface area contributed by atoms with Gasteiger partial charge in [-0.25, -0.2) is 0 Å². The summed E-state index contributed by atoms with van der Waals surface area (Å²) in [6.45, 7) is 5.94. The van der Waals surface area contributed by atoms with E-state index in [0.29, 0.717) is 0 Å². The summed E-state index contributed by atoms with van der Waals surface area (Å²) in [5, 5.41) is 45.8. The van der Waals surface area contributed by atoms with Gasteiger partial charge in [0.2, 0.25) is 0 Å². The molecule has 8 nitrogen and oxygen atoms in total. The molecule has 0 unspecified atom stereocenters. The molecule has 0 saturated heterocycles. The van der Waals surface area contributed by atoms with E-state index < -0.39 is 0 Å². The standard InChI is InChI=1S/2C4H8N2O2.Ni/c2*1-3(5-7)4(2)6-8;/h2*7-8H,1-2H3;/q;;+2/p-2/b2*5-3-,6-4+;. The fourth-order valence-corrected chi connectivity index (χ4v) is 0.277. The Hall–Kier alpha value is -1.63. The Bertz CT molecular complexity index is 261. The van der Waals surface area contributed by atoms with Gasteiger partial charge in [-0.1, -0.05) is 10.3 Å². The van der Waals surface area contributed by atoms with Crippen LogP contribution in [0.2, 0.25) is 0 Å². The average molecular weight is 289 g/mol. The average Bonchev–Trinajstić information content (AvgIpc) is 2.35. The van der Waals surface area contributed by atoms with Crippen LogP contribution < -0.4 is 0 Å². The van der Waals surface area contributed by atoms with Crippen LogP contribution in [0.15, 0.2) is 20.6 Å². The third kappa shape index (κ3) is 10.7. The third-order valence-corrected chi connectivity index (χ3v) is 1.62. The minimum Gasteiger partial charge on any atom is -0.792 e. The normalized spacial score (nSPS) is 13.4. The second-order valence-electron chi connectivity index (χ2n) is 2.72. The molecule has 0 radical (unpaired) electrons. The molecular weight excluding hydrogens is 275 g/mol. The molecule has 0 aliphatic heterocycles. The molecule has 0 amide bonds. The number of oxime groups is 2. The van der Waals surface area contributed by atoms with Crippen LogP contribution in [-0.4, -0.2) is 33.3 Å². The van der Waals surface area contributed by atoms with Gasteiger partial charge in [-0.3, -0.25) is 0 Å². The molecule has 0 aromatic rings. The first-order valence-electron chi connectivity index (χ1n) is 4.16. The molecule has 0 fully saturated rings. The third-order valence-electron chi connectivity index (χ3n) is 1.62. The minimum absolute atomic E-state index is 0. The van der Waals surface area contributed by atoms with E-state index in [2.05, 4.69) is 20.6 Å². The van der Waals surface area contributed by atoms with Crippen LogP contribution in [0.25, 0.3) is 0 Å².